The standard InChI is InChI=1S/C27H25N3O6/c1-2-36-23(31)15-22(16-11-13-17(14-12-16)30(34)35)25(26(28)32)29-27(33)24-20-9-5-3-7-18(20)19-8-4-6-10-21(19)24/h3-14,22,24-25H,2,15H2,1H3,(H2,28,32)(H,29,33)/t22-,25+/m0/s1. The maximum absolute atomic E-state index is 13.7. The summed E-state index contributed by atoms with van der Waals surface area (Å²) in [5.74, 6) is -3.42. The van der Waals surface area contributed by atoms with Crippen LogP contribution in [0.25, 0.3) is 11.1 Å². The zero-order valence-electron chi connectivity index (χ0n) is 19.5. The van der Waals surface area contributed by atoms with Gasteiger partial charge < -0.3 is 15.8 Å². The van der Waals surface area contributed by atoms with Crippen LogP contribution in [0.5, 0.6) is 0 Å². The first-order valence-corrected chi connectivity index (χ1v) is 11.5. The molecule has 0 saturated carbocycles. The Bertz CT molecular complexity index is 1280. The molecule has 0 heterocycles. The minimum absolute atomic E-state index is 0.134. The van der Waals surface area contributed by atoms with Gasteiger partial charge in [-0.05, 0) is 34.7 Å². The Morgan fingerprint density at radius 3 is 2.03 bits per heavy atom. The van der Waals surface area contributed by atoms with Gasteiger partial charge in [-0.2, -0.15) is 0 Å². The molecule has 0 spiro atoms. The van der Waals surface area contributed by atoms with Crippen LogP contribution >= 0.6 is 0 Å². The molecule has 1 aliphatic carbocycles. The SMILES string of the molecule is CCOC(=O)C[C@@H](c1ccc([N+](=O)[O-])cc1)[C@@H](NC(=O)C1c2ccccc2-c2ccccc21)C(N)=O. The molecule has 0 aromatic heterocycles. The Hall–Kier alpha value is -4.53. The summed E-state index contributed by atoms with van der Waals surface area (Å²) in [4.78, 5) is 49.2. The van der Waals surface area contributed by atoms with Crippen molar-refractivity contribution in [3.63, 3.8) is 0 Å². The third-order valence-corrected chi connectivity index (χ3v) is 6.33. The number of nitrogens with one attached hydrogen (secondary N) is 1. The van der Waals surface area contributed by atoms with E-state index in [1.54, 1.807) is 6.92 Å². The molecule has 2 atom stereocenters. The number of esters is 1. The number of nitrogens with two attached hydrogens (primary N) is 1. The second kappa shape index (κ2) is 10.4. The molecular weight excluding hydrogens is 462 g/mol. The maximum Gasteiger partial charge on any atom is 0.306 e. The lowest BCUT2D eigenvalue weighted by atomic mass is 9.86. The number of ether oxygens (including phenoxy) is 1. The molecule has 3 N–H and O–H groups in total. The van der Waals surface area contributed by atoms with Crippen molar-refractivity contribution < 1.29 is 24.0 Å². The number of fused-ring (bicyclic) bond motifs is 3. The first-order valence-electron chi connectivity index (χ1n) is 11.5. The van der Waals surface area contributed by atoms with Crippen LogP contribution in [0.4, 0.5) is 5.69 Å². The molecular formula is C27H25N3O6. The minimum atomic E-state index is -1.26. The summed E-state index contributed by atoms with van der Waals surface area (Å²) < 4.78 is 5.07. The van der Waals surface area contributed by atoms with Gasteiger partial charge in [-0.3, -0.25) is 24.5 Å². The van der Waals surface area contributed by atoms with Crippen molar-refractivity contribution in [2.45, 2.75) is 31.2 Å². The molecule has 0 fully saturated rings. The molecule has 0 aliphatic heterocycles. The number of primary amides is 1. The quantitative estimate of drug-likeness (QED) is 0.269. The largest absolute Gasteiger partial charge is 0.466 e. The van der Waals surface area contributed by atoms with Crippen LogP contribution in [0.2, 0.25) is 0 Å². The van der Waals surface area contributed by atoms with Crippen molar-refractivity contribution in [2.24, 2.45) is 5.73 Å². The van der Waals surface area contributed by atoms with Gasteiger partial charge in [0.25, 0.3) is 5.69 Å². The Morgan fingerprint density at radius 1 is 0.972 bits per heavy atom. The predicted molar refractivity (Wildman–Crippen MR) is 132 cm³/mol. The van der Waals surface area contributed by atoms with Gasteiger partial charge in [-0.15, -0.1) is 0 Å². The molecule has 1 aliphatic rings. The summed E-state index contributed by atoms with van der Waals surface area (Å²) in [5.41, 5.74) is 9.48. The third-order valence-electron chi connectivity index (χ3n) is 6.33. The van der Waals surface area contributed by atoms with Crippen molar-refractivity contribution >= 4 is 23.5 Å². The maximum atomic E-state index is 13.7. The number of nitro groups is 1. The van der Waals surface area contributed by atoms with Gasteiger partial charge in [0.1, 0.15) is 6.04 Å². The van der Waals surface area contributed by atoms with Crippen molar-refractivity contribution in [1.29, 1.82) is 0 Å². The van der Waals surface area contributed by atoms with Gasteiger partial charge >= 0.3 is 5.97 Å². The summed E-state index contributed by atoms with van der Waals surface area (Å²) in [6.07, 6.45) is -0.253. The molecule has 2 amide bonds. The number of rotatable bonds is 9. The average Bonchev–Trinajstić information content (AvgIpc) is 3.21. The van der Waals surface area contributed by atoms with E-state index in [-0.39, 0.29) is 18.7 Å². The van der Waals surface area contributed by atoms with Gasteiger partial charge in [0.2, 0.25) is 11.8 Å². The first-order chi connectivity index (χ1) is 17.3. The van der Waals surface area contributed by atoms with Gasteiger partial charge in [-0.25, -0.2) is 0 Å². The third kappa shape index (κ3) is 4.81. The predicted octanol–water partition coefficient (Wildman–Crippen LogP) is 3.41. The number of carbonyl (C=O) groups is 3. The van der Waals surface area contributed by atoms with Gasteiger partial charge in [0, 0.05) is 18.1 Å². The van der Waals surface area contributed by atoms with Gasteiger partial charge in [0.15, 0.2) is 0 Å². The number of hydrogen-bond acceptors (Lipinski definition) is 6. The Labute approximate surface area is 207 Å². The van der Waals surface area contributed by atoms with Crippen LogP contribution in [0.3, 0.4) is 0 Å². The molecule has 0 radical (unpaired) electrons. The lowest BCUT2D eigenvalue weighted by molar-refractivity contribution is -0.384. The summed E-state index contributed by atoms with van der Waals surface area (Å²) in [7, 11) is 0. The number of carbonyl (C=O) groups excluding carboxylic acids is 3. The molecule has 36 heavy (non-hydrogen) atoms. The highest BCUT2D eigenvalue weighted by Gasteiger charge is 2.38. The summed E-state index contributed by atoms with van der Waals surface area (Å²) in [6, 6.07) is 19.3. The second-order valence-electron chi connectivity index (χ2n) is 8.46. The highest BCUT2D eigenvalue weighted by molar-refractivity contribution is 5.98. The zero-order chi connectivity index (χ0) is 25.8. The van der Waals surface area contributed by atoms with Gasteiger partial charge in [0.05, 0.1) is 23.9 Å². The van der Waals surface area contributed by atoms with Crippen LogP contribution in [0, 0.1) is 10.1 Å². The lowest BCUT2D eigenvalue weighted by Gasteiger charge is -2.27. The van der Waals surface area contributed by atoms with Crippen LogP contribution in [0.15, 0.2) is 72.8 Å². The molecule has 184 valence electrons. The van der Waals surface area contributed by atoms with Crippen molar-refractivity contribution in [3.8, 4) is 11.1 Å². The van der Waals surface area contributed by atoms with E-state index in [0.29, 0.717) is 5.56 Å². The lowest BCUT2D eigenvalue weighted by Crippen LogP contribution is -2.50. The highest BCUT2D eigenvalue weighted by atomic mass is 16.6. The fourth-order valence-corrected chi connectivity index (χ4v) is 4.72. The van der Waals surface area contributed by atoms with E-state index < -0.39 is 40.6 Å². The normalized spacial score (nSPS) is 13.7. The number of non-ortho nitro benzene ring substituents is 1. The molecule has 0 unspecified atom stereocenters. The van der Waals surface area contributed by atoms with Crippen molar-refractivity contribution in [2.75, 3.05) is 6.61 Å². The van der Waals surface area contributed by atoms with Crippen LogP contribution < -0.4 is 11.1 Å². The topological polar surface area (TPSA) is 142 Å². The number of nitrogens with zero attached hydrogens (tertiary/aromatic N) is 1. The minimum Gasteiger partial charge on any atom is -0.466 e. The van der Waals surface area contributed by atoms with E-state index >= 15 is 0 Å². The Balaban J connectivity index is 1.69. The van der Waals surface area contributed by atoms with E-state index in [1.165, 1.54) is 24.3 Å². The molecule has 3 aromatic carbocycles. The van der Waals surface area contributed by atoms with Crippen LogP contribution in [-0.2, 0) is 19.1 Å². The van der Waals surface area contributed by atoms with E-state index in [4.69, 9.17) is 10.5 Å². The Morgan fingerprint density at radius 2 is 1.53 bits per heavy atom. The first kappa shape index (κ1) is 24.6. The summed E-state index contributed by atoms with van der Waals surface area (Å²) in [6.45, 7) is 1.79. The average molecular weight is 488 g/mol. The fourth-order valence-electron chi connectivity index (χ4n) is 4.72. The number of benzene rings is 3. The number of nitro benzene ring substituents is 1. The van der Waals surface area contributed by atoms with Crippen LogP contribution in [0.1, 0.15) is 41.9 Å². The summed E-state index contributed by atoms with van der Waals surface area (Å²) >= 11 is 0. The molecule has 9 heteroatoms. The smallest absolute Gasteiger partial charge is 0.306 e. The Kier molecular flexibility index (Phi) is 7.10. The van der Waals surface area contributed by atoms with E-state index in [2.05, 4.69) is 5.32 Å². The van der Waals surface area contributed by atoms with E-state index in [9.17, 15) is 24.5 Å². The number of hydrogen-bond donors (Lipinski definition) is 2. The molecule has 4 rings (SSSR count). The summed E-state index contributed by atoms with van der Waals surface area (Å²) in [5, 5.41) is 13.8. The highest BCUT2D eigenvalue weighted by Crippen LogP contribution is 2.44. The molecule has 3 aromatic rings. The van der Waals surface area contributed by atoms with E-state index in [0.717, 1.165) is 22.3 Å². The second-order valence-corrected chi connectivity index (χ2v) is 8.46. The fraction of sp³-hybridized carbons (Fsp3) is 0.222. The van der Waals surface area contributed by atoms with Crippen LogP contribution in [-0.4, -0.2) is 35.4 Å². The van der Waals surface area contributed by atoms with Gasteiger partial charge in [-0.1, -0.05) is 60.7 Å². The molecule has 9 nitrogen and oxygen atoms in total. The number of amides is 2. The van der Waals surface area contributed by atoms with E-state index in [1.807, 2.05) is 48.5 Å². The zero-order valence-corrected chi connectivity index (χ0v) is 19.5. The molecule has 0 bridgehead atoms. The van der Waals surface area contributed by atoms with Crippen molar-refractivity contribution in [3.05, 3.63) is 99.6 Å². The monoisotopic (exact) mass is 487 g/mol. The molecule has 0 saturated heterocycles. The van der Waals surface area contributed by atoms with Crippen molar-refractivity contribution in [1.82, 2.24) is 5.32 Å².